The molecule has 3 aromatic carbocycles. The van der Waals surface area contributed by atoms with E-state index in [0.717, 1.165) is 57.9 Å². The molecule has 7 aliphatic carbocycles. The Balaban J connectivity index is 0.767. The Kier molecular flexibility index (Phi) is 23.7. The number of Topliss-reactive ketones (excluding diaryl/α,β-unsaturated/α-hetero) is 1. The lowest BCUT2D eigenvalue weighted by Crippen LogP contribution is -2.82. The molecule has 1 aliphatic heterocycles. The summed E-state index contributed by atoms with van der Waals surface area (Å²) in [5, 5.41) is 56.8. The average molecular weight is 1450 g/mol. The van der Waals surface area contributed by atoms with E-state index in [2.05, 4.69) is 48.0 Å². The van der Waals surface area contributed by atoms with E-state index in [4.69, 9.17) is 33.2 Å². The number of alkyl carbamates (subject to hydrolysis) is 2. The van der Waals surface area contributed by atoms with Crippen molar-refractivity contribution >= 4 is 47.8 Å². The van der Waals surface area contributed by atoms with Crippen LogP contribution in [0.4, 0.5) is 9.59 Å². The molecule has 14 unspecified atom stereocenters. The molecule has 1 heterocycles. The molecule has 0 spiro atoms. The molecule has 18 atom stereocenters. The van der Waals surface area contributed by atoms with Crippen molar-refractivity contribution in [3.8, 4) is 0 Å². The molecule has 7 fully saturated rings. The van der Waals surface area contributed by atoms with Crippen molar-refractivity contribution in [2.24, 2.45) is 51.2 Å². The second-order valence-corrected chi connectivity index (χ2v) is 32.3. The molecule has 568 valence electrons. The summed E-state index contributed by atoms with van der Waals surface area (Å²) >= 11 is 0. The number of aliphatic hydroxyl groups is 4. The Hall–Kier alpha value is -8.02. The van der Waals surface area contributed by atoms with Gasteiger partial charge < -0.3 is 69.5 Å². The summed E-state index contributed by atoms with van der Waals surface area (Å²) in [7, 11) is 0. The normalized spacial score (nSPS) is 32.8. The van der Waals surface area contributed by atoms with Gasteiger partial charge in [0.2, 0.25) is 0 Å². The van der Waals surface area contributed by atoms with Crippen LogP contribution in [0.25, 0.3) is 0 Å². The molecule has 11 rings (SSSR count). The topological polar surface area (TPSA) is 318 Å². The second kappa shape index (κ2) is 31.8. The number of hydrogen-bond acceptors (Lipinski definition) is 19. The molecule has 2 bridgehead atoms. The monoisotopic (exact) mass is 1450 g/mol. The zero-order chi connectivity index (χ0) is 75.6. The Bertz CT molecular complexity index is 3830. The molecule has 22 heteroatoms. The predicted molar refractivity (Wildman–Crippen MR) is 387 cm³/mol. The fourth-order valence-corrected chi connectivity index (χ4v) is 18.8. The highest BCUT2D eigenvalue weighted by atomic mass is 16.6. The van der Waals surface area contributed by atoms with E-state index in [-0.39, 0.29) is 46.8 Å². The van der Waals surface area contributed by atoms with Crippen molar-refractivity contribution in [1.82, 2.24) is 16.0 Å². The van der Waals surface area contributed by atoms with Gasteiger partial charge in [0.25, 0.3) is 5.91 Å². The number of amides is 3. The van der Waals surface area contributed by atoms with E-state index in [1.807, 2.05) is 19.9 Å². The molecule has 3 aromatic rings. The van der Waals surface area contributed by atoms with Crippen LogP contribution in [0.5, 0.6) is 0 Å². The van der Waals surface area contributed by atoms with Crippen LogP contribution in [0.15, 0.2) is 138 Å². The average Bonchev–Trinajstić information content (AvgIpc) is 1.24. The first kappa shape index (κ1) is 78.1. The van der Waals surface area contributed by atoms with Crippen molar-refractivity contribution in [2.45, 2.75) is 238 Å². The maximum Gasteiger partial charge on any atom is 0.407 e. The smallest absolute Gasteiger partial charge is 0.407 e. The van der Waals surface area contributed by atoms with Crippen molar-refractivity contribution in [3.63, 3.8) is 0 Å². The molecule has 1 saturated heterocycles. The maximum absolute atomic E-state index is 16.5. The molecular weight excluding hydrogens is 1340 g/mol. The summed E-state index contributed by atoms with van der Waals surface area (Å²) < 4.78 is 43.8. The quantitative estimate of drug-likeness (QED) is 0.0190. The Labute approximate surface area is 615 Å². The number of hydrogen-bond donors (Lipinski definition) is 7. The van der Waals surface area contributed by atoms with Crippen LogP contribution in [-0.4, -0.2) is 154 Å². The highest BCUT2D eigenvalue weighted by molar-refractivity contribution is 5.96. The Morgan fingerprint density at radius 3 is 1.96 bits per heavy atom. The minimum absolute atomic E-state index is 0.0203. The fraction of sp³-hybridized carbons (Fsp3) is 0.590. The number of aliphatic hydroxyl groups excluding tert-OH is 3. The van der Waals surface area contributed by atoms with Gasteiger partial charge in [0.1, 0.15) is 36.1 Å². The van der Waals surface area contributed by atoms with Crippen molar-refractivity contribution in [1.29, 1.82) is 0 Å². The van der Waals surface area contributed by atoms with Gasteiger partial charge in [-0.15, -0.1) is 0 Å². The van der Waals surface area contributed by atoms with Gasteiger partial charge in [-0.25, -0.2) is 19.2 Å². The number of benzene rings is 3. The van der Waals surface area contributed by atoms with Gasteiger partial charge in [0.15, 0.2) is 23.6 Å². The van der Waals surface area contributed by atoms with Crippen LogP contribution in [0, 0.1) is 51.2 Å². The van der Waals surface area contributed by atoms with Crippen LogP contribution in [0.3, 0.4) is 0 Å². The van der Waals surface area contributed by atoms with Crippen molar-refractivity contribution in [2.75, 3.05) is 19.7 Å². The SMILES string of the molecule is CC(=O)OC1C(=O)C2(C)C(OC(=O)NCCCCCCNC(=O)O[C@@H]3C/C(=C/C=C4\CCC[C@@]5(C)C4CCC5[C@@H](C)/C=C/C(O)C4CC4)C(C)(C)[C@@H](O)C3)CC3OCC3(OC(C)=O)C2C(OC(=O)c2ccccc2)C2(O)CC(OC(=O)C(O)C(NC(=O)c3ccccc3)c3ccccc3)C(C)=C1C2(C)C. The number of unbranched alkanes of at least 4 members (excludes halogenated alkanes) is 3. The van der Waals surface area contributed by atoms with Crippen molar-refractivity contribution < 1.29 is 91.9 Å². The Morgan fingerprint density at radius 1 is 0.724 bits per heavy atom. The number of carbonyl (C=O) groups is 8. The first-order chi connectivity index (χ1) is 49.8. The standard InChI is InChI=1S/C83H107N3O19/c1-48(32-39-61(89)53-33-34-53)59-37-38-60-52(31-24-40-80(59,60)9)35-36-57-43-58(44-63(90)78(57,5)6)101-76(96)84-41-22-11-12-23-42-85-77(97)103-64-45-65-82(47-99-65,105-51(4)88)70-72(104-74(94)56-29-20-15-21-30-56)83(98)46-62(49(2)66(79(83,7)8)69(100-50(3)87)71(92)81(64,70)10)102-75(95)68(91)67(54-25-16-13-17-26-54)86-73(93)55-27-18-14-19-28-55/h13-21,25-30,32,35-36,39,48,53,58-65,67-70,72,89-91,98H,11-12,22-24,31,33-34,37-38,40-47H2,1-10H3,(H,84,96)(H,85,97)(H,86,93)/b39-32+,52-35+,57-36-/t48-,58+,59?,60?,61?,62?,63-,64?,65?,67?,68?,69?,70?,72?,80+,81?,82?,83?/m0/s1. The third kappa shape index (κ3) is 15.9. The van der Waals surface area contributed by atoms with Gasteiger partial charge in [0, 0.05) is 69.0 Å². The number of nitrogens with one attached hydrogen (secondary N) is 3. The number of rotatable bonds is 24. The van der Waals surface area contributed by atoms with Crippen molar-refractivity contribution in [3.05, 3.63) is 154 Å². The number of ether oxygens (including phenoxy) is 7. The van der Waals surface area contributed by atoms with Crippen LogP contribution in [0.1, 0.15) is 198 Å². The fourth-order valence-electron chi connectivity index (χ4n) is 18.8. The van der Waals surface area contributed by atoms with E-state index in [1.54, 1.807) is 92.7 Å². The number of carbonyl (C=O) groups excluding carboxylic acids is 8. The summed E-state index contributed by atoms with van der Waals surface area (Å²) in [6.45, 7) is 17.2. The number of ketones is 1. The van der Waals surface area contributed by atoms with Gasteiger partial charge in [-0.2, -0.15) is 0 Å². The molecule has 8 aliphatic rings. The lowest BCUT2D eigenvalue weighted by molar-refractivity contribution is -0.345. The summed E-state index contributed by atoms with van der Waals surface area (Å²) in [6, 6.07) is 22.8. The molecular formula is C83H107N3O19. The minimum atomic E-state index is -2.52. The largest absolute Gasteiger partial charge is 0.456 e. The summed E-state index contributed by atoms with van der Waals surface area (Å²) in [4.78, 5) is 115. The zero-order valence-corrected chi connectivity index (χ0v) is 62.3. The third-order valence-electron chi connectivity index (χ3n) is 25.1. The number of fused-ring (bicyclic) bond motifs is 6. The maximum atomic E-state index is 16.5. The Morgan fingerprint density at radius 2 is 1.35 bits per heavy atom. The van der Waals surface area contributed by atoms with E-state index >= 15 is 4.79 Å². The third-order valence-corrected chi connectivity index (χ3v) is 25.1. The molecule has 0 radical (unpaired) electrons. The van der Waals surface area contributed by atoms with E-state index in [9.17, 15) is 54.0 Å². The molecule has 0 aromatic heterocycles. The van der Waals surface area contributed by atoms with Gasteiger partial charge >= 0.3 is 36.1 Å². The van der Waals surface area contributed by atoms with E-state index in [0.29, 0.717) is 74.3 Å². The minimum Gasteiger partial charge on any atom is -0.456 e. The predicted octanol–water partition coefficient (Wildman–Crippen LogP) is 11.3. The lowest BCUT2D eigenvalue weighted by atomic mass is 9.44. The number of esters is 4. The van der Waals surface area contributed by atoms with Gasteiger partial charge in [-0.3, -0.25) is 19.2 Å². The van der Waals surface area contributed by atoms with Crippen LogP contribution >= 0.6 is 0 Å². The second-order valence-electron chi connectivity index (χ2n) is 32.3. The first-order valence-corrected chi connectivity index (χ1v) is 37.7. The highest BCUT2D eigenvalue weighted by Crippen LogP contribution is 2.66. The summed E-state index contributed by atoms with van der Waals surface area (Å²) in [5.74, 6) is -5.47. The first-order valence-electron chi connectivity index (χ1n) is 37.7. The van der Waals surface area contributed by atoms with Gasteiger partial charge in [0.05, 0.1) is 41.8 Å². The van der Waals surface area contributed by atoms with Gasteiger partial charge in [-0.1, -0.05) is 157 Å². The van der Waals surface area contributed by atoms with E-state index < -0.39 is 149 Å². The van der Waals surface area contributed by atoms with E-state index in [1.165, 1.54) is 38.0 Å². The van der Waals surface area contributed by atoms with Crippen LogP contribution in [0.2, 0.25) is 0 Å². The van der Waals surface area contributed by atoms with Crippen LogP contribution < -0.4 is 16.0 Å². The molecule has 3 amide bonds. The molecule has 22 nitrogen and oxygen atoms in total. The number of allylic oxidation sites excluding steroid dienone is 4. The lowest BCUT2D eigenvalue weighted by Gasteiger charge is -2.67. The molecule has 6 saturated carbocycles. The van der Waals surface area contributed by atoms with Crippen LogP contribution in [-0.2, 0) is 52.3 Å². The molecule has 105 heavy (non-hydrogen) atoms. The summed E-state index contributed by atoms with van der Waals surface area (Å²) in [6.07, 6.45) is 5.41. The zero-order valence-electron chi connectivity index (χ0n) is 62.3. The highest BCUT2D eigenvalue weighted by Gasteiger charge is 2.79. The summed E-state index contributed by atoms with van der Waals surface area (Å²) in [5.41, 5.74) is -5.63. The molecule has 7 N–H and O–H groups in total. The van der Waals surface area contributed by atoms with Gasteiger partial charge in [-0.05, 0) is 142 Å².